The van der Waals surface area contributed by atoms with E-state index in [1.54, 1.807) is 0 Å². The summed E-state index contributed by atoms with van der Waals surface area (Å²) in [5, 5.41) is 2.89. The van der Waals surface area contributed by atoms with Crippen LogP contribution in [0.1, 0.15) is 16.7 Å². The predicted molar refractivity (Wildman–Crippen MR) is 151 cm³/mol. The van der Waals surface area contributed by atoms with Gasteiger partial charge in [-0.3, -0.25) is 0 Å². The minimum atomic E-state index is -0.366. The van der Waals surface area contributed by atoms with Crippen molar-refractivity contribution in [3.05, 3.63) is 108 Å². The summed E-state index contributed by atoms with van der Waals surface area (Å²) in [7, 11) is -0.387. The molecule has 0 aliphatic rings. The first-order valence-electron chi connectivity index (χ1n) is 10.5. The SMILES string of the molecule is Cc1cc(C)c(-n2cc[n+](CCP(c3ccccc3)c3ccccc3)c2)c(C)c1.[Br][Ni-]([Br])[Br]. The maximum atomic E-state index is 3.15. The van der Waals surface area contributed by atoms with E-state index in [4.69, 9.17) is 0 Å². The number of hydrogen-bond donors (Lipinski definition) is 0. The zero-order valence-corrected chi connectivity index (χ0v) is 25.5. The van der Waals surface area contributed by atoms with Gasteiger partial charge in [-0.25, -0.2) is 9.13 Å². The summed E-state index contributed by atoms with van der Waals surface area (Å²) in [6.45, 7) is 7.56. The Bertz CT molecular complexity index is 1090. The van der Waals surface area contributed by atoms with Gasteiger partial charge in [0.15, 0.2) is 0 Å². The quantitative estimate of drug-likeness (QED) is 0.113. The van der Waals surface area contributed by atoms with Gasteiger partial charge in [-0.2, -0.15) is 0 Å². The molecule has 1 aromatic heterocycles. The average molecular weight is 698 g/mol. The van der Waals surface area contributed by atoms with Crippen molar-refractivity contribution in [3.63, 3.8) is 0 Å². The first-order valence-corrected chi connectivity index (χ1v) is 19.4. The molecule has 33 heavy (non-hydrogen) atoms. The van der Waals surface area contributed by atoms with Crippen molar-refractivity contribution < 1.29 is 12.7 Å². The van der Waals surface area contributed by atoms with Crippen molar-refractivity contribution >= 4 is 61.2 Å². The van der Waals surface area contributed by atoms with E-state index >= 15 is 0 Å². The third-order valence-electron chi connectivity index (χ3n) is 5.30. The zero-order chi connectivity index (χ0) is 23.8. The van der Waals surface area contributed by atoms with Gasteiger partial charge in [0.2, 0.25) is 6.33 Å². The van der Waals surface area contributed by atoms with Gasteiger partial charge in [-0.15, -0.1) is 0 Å². The van der Waals surface area contributed by atoms with Gasteiger partial charge in [-0.1, -0.05) is 78.4 Å². The fourth-order valence-electron chi connectivity index (χ4n) is 4.08. The fraction of sp³-hybridized carbons (Fsp3) is 0.192. The standard InChI is InChI=1S/C26H28N2P.3BrH.Ni/c1-21-18-22(2)26(23(3)19-21)28-15-14-27(20-28)16-17-29(24-10-6-4-7-11-24)25-12-8-5-9-13-25;;;;/h4-15,18-20H,16-17H2,1-3H3;3*1H;/q+1;;;;+2/p-3. The molecule has 2 nitrogen and oxygen atoms in total. The third kappa shape index (κ3) is 8.15. The van der Waals surface area contributed by atoms with Crippen molar-refractivity contribution in [2.24, 2.45) is 0 Å². The van der Waals surface area contributed by atoms with E-state index in [2.05, 4.69) is 164 Å². The average Bonchev–Trinajstić information content (AvgIpc) is 3.23. The number of imidazole rings is 1. The summed E-state index contributed by atoms with van der Waals surface area (Å²) in [4.78, 5) is 0. The Kier molecular flexibility index (Phi) is 10.9. The summed E-state index contributed by atoms with van der Waals surface area (Å²) in [6.07, 6.45) is 7.73. The molecule has 7 heteroatoms. The van der Waals surface area contributed by atoms with Crippen LogP contribution in [0, 0.1) is 20.8 Å². The van der Waals surface area contributed by atoms with Crippen LogP contribution in [0.3, 0.4) is 0 Å². The van der Waals surface area contributed by atoms with Crippen LogP contribution in [0.25, 0.3) is 5.69 Å². The number of hydrogen-bond acceptors (Lipinski definition) is 0. The summed E-state index contributed by atoms with van der Waals surface area (Å²) in [5.74, 6) is 0. The summed E-state index contributed by atoms with van der Waals surface area (Å²) >= 11 is 9.44. The van der Waals surface area contributed by atoms with E-state index < -0.39 is 0 Å². The van der Waals surface area contributed by atoms with Crippen LogP contribution in [0.4, 0.5) is 0 Å². The molecular weight excluding hydrogens is 670 g/mol. The predicted octanol–water partition coefficient (Wildman–Crippen LogP) is 7.36. The van der Waals surface area contributed by atoms with Crippen molar-refractivity contribution in [2.75, 3.05) is 6.16 Å². The Hall–Kier alpha value is -0.766. The molecule has 0 fully saturated rings. The number of aromatic nitrogens is 2. The van der Waals surface area contributed by atoms with Crippen LogP contribution in [-0.4, -0.2) is 10.7 Å². The Balaban J connectivity index is 0.000000709. The molecule has 0 aliphatic carbocycles. The van der Waals surface area contributed by atoms with Crippen LogP contribution in [0.15, 0.2) is 91.5 Å². The molecule has 4 rings (SSSR count). The molecule has 0 N–H and O–H groups in total. The fourth-order valence-corrected chi connectivity index (χ4v) is 6.39. The van der Waals surface area contributed by atoms with Gasteiger partial charge >= 0.3 is 50.8 Å². The topological polar surface area (TPSA) is 8.81 Å². The molecule has 0 saturated carbocycles. The molecule has 4 aromatic rings. The molecular formula is C26H28Br3N2NiP. The van der Waals surface area contributed by atoms with Crippen LogP contribution in [0.5, 0.6) is 0 Å². The van der Waals surface area contributed by atoms with Crippen molar-refractivity contribution in [1.29, 1.82) is 0 Å². The Morgan fingerprint density at radius 2 is 1.30 bits per heavy atom. The first-order chi connectivity index (χ1) is 15.8. The van der Waals surface area contributed by atoms with E-state index in [9.17, 15) is 0 Å². The number of halogens is 3. The second-order valence-corrected chi connectivity index (χ2v) is 25.1. The Morgan fingerprint density at radius 3 is 1.79 bits per heavy atom. The summed E-state index contributed by atoms with van der Waals surface area (Å²) in [5.41, 5.74) is 5.25. The van der Waals surface area contributed by atoms with E-state index in [1.165, 1.54) is 33.0 Å². The molecule has 0 atom stereocenters. The molecule has 0 bridgehead atoms. The van der Waals surface area contributed by atoms with Gasteiger partial charge in [-0.05, 0) is 50.4 Å². The normalized spacial score (nSPS) is 11.2. The van der Waals surface area contributed by atoms with Gasteiger partial charge < -0.3 is 0 Å². The van der Waals surface area contributed by atoms with Crippen LogP contribution < -0.4 is 15.2 Å². The Morgan fingerprint density at radius 1 is 0.818 bits per heavy atom. The van der Waals surface area contributed by atoms with Crippen LogP contribution in [0.2, 0.25) is 0 Å². The molecule has 0 aliphatic heterocycles. The summed E-state index contributed by atoms with van der Waals surface area (Å²) in [6, 6.07) is 26.4. The molecule has 0 spiro atoms. The van der Waals surface area contributed by atoms with E-state index in [1.807, 2.05) is 0 Å². The molecule has 0 radical (unpaired) electrons. The summed E-state index contributed by atoms with van der Waals surface area (Å²) < 4.78 is 4.58. The zero-order valence-electron chi connectivity index (χ0n) is 18.9. The van der Waals surface area contributed by atoms with E-state index in [0.29, 0.717) is 0 Å². The van der Waals surface area contributed by atoms with E-state index in [0.717, 1.165) is 12.7 Å². The van der Waals surface area contributed by atoms with Crippen LogP contribution >= 0.6 is 50.6 Å². The second kappa shape index (κ2) is 13.4. The molecule has 178 valence electrons. The molecule has 0 saturated heterocycles. The molecule has 0 unspecified atom stereocenters. The number of rotatable bonds is 6. The number of aryl methyl sites for hydroxylation is 4. The van der Waals surface area contributed by atoms with Crippen LogP contribution in [-0.2, 0) is 14.6 Å². The second-order valence-electron chi connectivity index (χ2n) is 7.76. The monoisotopic (exact) mass is 694 g/mol. The number of benzene rings is 3. The maximum absolute atomic E-state index is 3.15. The Labute approximate surface area is 224 Å². The van der Waals surface area contributed by atoms with E-state index in [-0.39, 0.29) is 16.0 Å². The molecule has 0 amide bonds. The molecule has 1 heterocycles. The molecule has 3 aromatic carbocycles. The third-order valence-corrected chi connectivity index (χ3v) is 7.79. The first kappa shape index (κ1) is 26.8. The van der Waals surface area contributed by atoms with Crippen molar-refractivity contribution in [1.82, 2.24) is 4.57 Å². The van der Waals surface area contributed by atoms with Gasteiger partial charge in [0.05, 0.1) is 6.54 Å². The van der Waals surface area contributed by atoms with Crippen molar-refractivity contribution in [3.8, 4) is 5.69 Å². The minimum absolute atomic E-state index is 0.0208. The van der Waals surface area contributed by atoms with Gasteiger partial charge in [0.25, 0.3) is 0 Å². The van der Waals surface area contributed by atoms with Gasteiger partial charge in [0.1, 0.15) is 18.1 Å². The van der Waals surface area contributed by atoms with Crippen molar-refractivity contribution in [2.45, 2.75) is 27.3 Å². The number of nitrogens with zero attached hydrogens (tertiary/aromatic N) is 2. The van der Waals surface area contributed by atoms with Gasteiger partial charge in [0, 0.05) is 6.16 Å².